The first-order chi connectivity index (χ1) is 12.4. The number of thiophene rings is 1. The lowest BCUT2D eigenvalue weighted by atomic mass is 10.1. The number of methoxy groups -OCH3 is 1. The van der Waals surface area contributed by atoms with Crippen molar-refractivity contribution < 1.29 is 4.74 Å². The predicted octanol–water partition coefficient (Wildman–Crippen LogP) is 4.39. The summed E-state index contributed by atoms with van der Waals surface area (Å²) in [6, 6.07) is 14.3. The smallest absolute Gasteiger partial charge is 0.156 e. The molecule has 0 saturated carbocycles. The predicted molar refractivity (Wildman–Crippen MR) is 99.3 cm³/mol. The minimum absolute atomic E-state index is 0.0217. The summed E-state index contributed by atoms with van der Waals surface area (Å²) in [4.78, 5) is 13.5. The molecule has 1 unspecified atom stereocenters. The molecular weight excluding hydrogens is 332 g/mol. The van der Waals surface area contributed by atoms with E-state index in [0.717, 1.165) is 22.8 Å². The first kappa shape index (κ1) is 15.8. The summed E-state index contributed by atoms with van der Waals surface area (Å²) < 4.78 is 7.82. The first-order valence-corrected chi connectivity index (χ1v) is 8.91. The molecule has 25 heavy (non-hydrogen) atoms. The number of ether oxygens (including phenoxy) is 1. The van der Waals surface area contributed by atoms with E-state index in [2.05, 4.69) is 43.1 Å². The molecule has 0 saturated heterocycles. The molecule has 3 heterocycles. The van der Waals surface area contributed by atoms with E-state index < -0.39 is 0 Å². The third kappa shape index (κ3) is 3.14. The third-order valence-electron chi connectivity index (χ3n) is 4.12. The zero-order valence-electron chi connectivity index (χ0n) is 13.8. The number of imidazole rings is 2. The highest BCUT2D eigenvalue weighted by molar-refractivity contribution is 7.10. The molecule has 0 radical (unpaired) electrons. The quantitative estimate of drug-likeness (QED) is 0.561. The van der Waals surface area contributed by atoms with Crippen LogP contribution in [0.25, 0.3) is 22.8 Å². The van der Waals surface area contributed by atoms with Gasteiger partial charge >= 0.3 is 0 Å². The van der Waals surface area contributed by atoms with Gasteiger partial charge in [0, 0.05) is 29.9 Å². The van der Waals surface area contributed by atoms with Crippen LogP contribution < -0.4 is 0 Å². The second-order valence-electron chi connectivity index (χ2n) is 5.64. The Bertz CT molecular complexity index is 914. The molecule has 0 spiro atoms. The van der Waals surface area contributed by atoms with Gasteiger partial charge in [-0.15, -0.1) is 11.3 Å². The van der Waals surface area contributed by atoms with Gasteiger partial charge in [0.15, 0.2) is 5.82 Å². The monoisotopic (exact) mass is 350 g/mol. The number of aromatic amines is 1. The van der Waals surface area contributed by atoms with Crippen molar-refractivity contribution in [2.45, 2.75) is 12.6 Å². The second kappa shape index (κ2) is 7.04. The maximum absolute atomic E-state index is 5.72. The SMILES string of the molecule is COC(Cn1cnc(-c2ccccc2)c1-c1ncc[nH]1)c1cccs1. The third-order valence-corrected chi connectivity index (χ3v) is 5.08. The minimum Gasteiger partial charge on any atom is -0.374 e. The van der Waals surface area contributed by atoms with Gasteiger partial charge in [0.05, 0.1) is 18.6 Å². The summed E-state index contributed by atoms with van der Waals surface area (Å²) >= 11 is 1.70. The standard InChI is InChI=1S/C19H18N4OS/c1-24-15(16-8-5-11-25-16)12-23-13-22-17(14-6-3-2-4-7-14)18(23)19-20-9-10-21-19/h2-11,13,15H,12H2,1H3,(H,20,21). The Morgan fingerprint density at radius 2 is 2.04 bits per heavy atom. The van der Waals surface area contributed by atoms with Crippen LogP contribution >= 0.6 is 11.3 Å². The molecule has 6 heteroatoms. The number of hydrogen-bond donors (Lipinski definition) is 1. The Labute approximate surface area is 150 Å². The van der Waals surface area contributed by atoms with E-state index in [1.54, 1.807) is 24.6 Å². The van der Waals surface area contributed by atoms with Crippen LogP contribution in [0.5, 0.6) is 0 Å². The number of aromatic nitrogens is 4. The van der Waals surface area contributed by atoms with Crippen LogP contribution in [-0.4, -0.2) is 26.6 Å². The van der Waals surface area contributed by atoms with Gasteiger partial charge in [-0.1, -0.05) is 36.4 Å². The molecule has 1 atom stereocenters. The molecule has 0 amide bonds. The Balaban J connectivity index is 1.77. The minimum atomic E-state index is -0.0217. The fourth-order valence-electron chi connectivity index (χ4n) is 2.90. The van der Waals surface area contributed by atoms with E-state index in [9.17, 15) is 0 Å². The molecule has 0 fully saturated rings. The average Bonchev–Trinajstić information content (AvgIpc) is 3.41. The summed E-state index contributed by atoms with van der Waals surface area (Å²) in [7, 11) is 1.74. The van der Waals surface area contributed by atoms with Crippen LogP contribution in [0, 0.1) is 0 Å². The zero-order chi connectivity index (χ0) is 17.1. The molecule has 0 aliphatic heterocycles. The molecule has 0 aliphatic rings. The molecular formula is C19H18N4OS. The van der Waals surface area contributed by atoms with Crippen molar-refractivity contribution in [3.05, 3.63) is 71.4 Å². The Morgan fingerprint density at radius 3 is 2.72 bits per heavy atom. The number of hydrogen-bond acceptors (Lipinski definition) is 4. The van der Waals surface area contributed by atoms with Gasteiger partial charge in [-0.25, -0.2) is 9.97 Å². The zero-order valence-corrected chi connectivity index (χ0v) is 14.6. The Kier molecular flexibility index (Phi) is 4.45. The van der Waals surface area contributed by atoms with Gasteiger partial charge < -0.3 is 14.3 Å². The molecule has 0 bridgehead atoms. The van der Waals surface area contributed by atoms with Crippen molar-refractivity contribution in [1.29, 1.82) is 0 Å². The van der Waals surface area contributed by atoms with Crippen LogP contribution in [0.1, 0.15) is 11.0 Å². The number of nitrogens with one attached hydrogen (secondary N) is 1. The first-order valence-electron chi connectivity index (χ1n) is 8.03. The maximum atomic E-state index is 5.72. The number of nitrogens with zero attached hydrogens (tertiary/aromatic N) is 3. The molecule has 4 rings (SSSR count). The average molecular weight is 350 g/mol. The fourth-order valence-corrected chi connectivity index (χ4v) is 3.70. The van der Waals surface area contributed by atoms with E-state index in [-0.39, 0.29) is 6.10 Å². The summed E-state index contributed by atoms with van der Waals surface area (Å²) in [6.07, 6.45) is 5.43. The highest BCUT2D eigenvalue weighted by Crippen LogP contribution is 2.31. The van der Waals surface area contributed by atoms with Crippen molar-refractivity contribution in [1.82, 2.24) is 19.5 Å². The number of rotatable bonds is 6. The van der Waals surface area contributed by atoms with Crippen LogP contribution in [0.4, 0.5) is 0 Å². The topological polar surface area (TPSA) is 55.7 Å². The van der Waals surface area contributed by atoms with Crippen molar-refractivity contribution in [3.8, 4) is 22.8 Å². The lowest BCUT2D eigenvalue weighted by Gasteiger charge is -2.16. The molecule has 4 aromatic rings. The van der Waals surface area contributed by atoms with Crippen molar-refractivity contribution >= 4 is 11.3 Å². The van der Waals surface area contributed by atoms with Crippen LogP contribution in [0.2, 0.25) is 0 Å². The van der Waals surface area contributed by atoms with Crippen LogP contribution in [-0.2, 0) is 11.3 Å². The lowest BCUT2D eigenvalue weighted by Crippen LogP contribution is -2.11. The van der Waals surface area contributed by atoms with Crippen molar-refractivity contribution in [3.63, 3.8) is 0 Å². The van der Waals surface area contributed by atoms with E-state index in [1.165, 1.54) is 4.88 Å². The molecule has 1 aromatic carbocycles. The van der Waals surface area contributed by atoms with Gasteiger partial charge in [-0.3, -0.25) is 0 Å². The molecule has 0 aliphatic carbocycles. The van der Waals surface area contributed by atoms with Crippen LogP contribution in [0.3, 0.4) is 0 Å². The van der Waals surface area contributed by atoms with Gasteiger partial charge in [0.2, 0.25) is 0 Å². The molecule has 5 nitrogen and oxygen atoms in total. The summed E-state index contributed by atoms with van der Waals surface area (Å²) in [6.45, 7) is 0.673. The number of benzene rings is 1. The van der Waals surface area contributed by atoms with Crippen molar-refractivity contribution in [2.24, 2.45) is 0 Å². The highest BCUT2D eigenvalue weighted by atomic mass is 32.1. The number of H-pyrrole nitrogens is 1. The van der Waals surface area contributed by atoms with E-state index in [4.69, 9.17) is 4.74 Å². The fraction of sp³-hybridized carbons (Fsp3) is 0.158. The van der Waals surface area contributed by atoms with Gasteiger partial charge in [0.25, 0.3) is 0 Å². The molecule has 126 valence electrons. The van der Waals surface area contributed by atoms with Gasteiger partial charge in [-0.2, -0.15) is 0 Å². The Morgan fingerprint density at radius 1 is 1.16 bits per heavy atom. The van der Waals surface area contributed by atoms with Crippen molar-refractivity contribution in [2.75, 3.05) is 7.11 Å². The van der Waals surface area contributed by atoms with Crippen LogP contribution in [0.15, 0.2) is 66.6 Å². The van der Waals surface area contributed by atoms with E-state index >= 15 is 0 Å². The lowest BCUT2D eigenvalue weighted by molar-refractivity contribution is 0.0911. The van der Waals surface area contributed by atoms with E-state index in [0.29, 0.717) is 6.54 Å². The Hall–Kier alpha value is -2.70. The summed E-state index contributed by atoms with van der Waals surface area (Å²) in [5.74, 6) is 0.803. The summed E-state index contributed by atoms with van der Waals surface area (Å²) in [5, 5.41) is 2.07. The van der Waals surface area contributed by atoms with Gasteiger partial charge in [-0.05, 0) is 11.4 Å². The largest absolute Gasteiger partial charge is 0.374 e. The normalized spacial score (nSPS) is 12.4. The molecule has 1 N–H and O–H groups in total. The highest BCUT2D eigenvalue weighted by Gasteiger charge is 2.20. The van der Waals surface area contributed by atoms with E-state index in [1.807, 2.05) is 36.8 Å². The summed E-state index contributed by atoms with van der Waals surface area (Å²) in [5.41, 5.74) is 2.95. The van der Waals surface area contributed by atoms with Gasteiger partial charge in [0.1, 0.15) is 11.8 Å². The molecule has 3 aromatic heterocycles. The second-order valence-corrected chi connectivity index (χ2v) is 6.62. The maximum Gasteiger partial charge on any atom is 0.156 e.